The molecule has 120 valence electrons. The van der Waals surface area contributed by atoms with Crippen LogP contribution in [-0.2, 0) is 10.4 Å². The first-order valence-electron chi connectivity index (χ1n) is 8.46. The Morgan fingerprint density at radius 1 is 1.27 bits per heavy atom. The van der Waals surface area contributed by atoms with Crippen LogP contribution in [-0.4, -0.2) is 52.5 Å². The van der Waals surface area contributed by atoms with E-state index >= 15 is 0 Å². The molecule has 0 radical (unpaired) electrons. The van der Waals surface area contributed by atoms with Crippen LogP contribution < -0.4 is 0 Å². The number of furan rings is 1. The van der Waals surface area contributed by atoms with Gasteiger partial charge in [0.25, 0.3) is 0 Å². The molecule has 4 heterocycles. The number of likely N-dealkylation sites (tertiary alicyclic amines) is 1. The van der Waals surface area contributed by atoms with Crippen molar-refractivity contribution in [2.45, 2.75) is 56.2 Å². The molecule has 2 atom stereocenters. The van der Waals surface area contributed by atoms with Gasteiger partial charge in [0.1, 0.15) is 11.4 Å². The van der Waals surface area contributed by atoms with Gasteiger partial charge < -0.3 is 14.4 Å². The predicted molar refractivity (Wildman–Crippen MR) is 81.2 cm³/mol. The van der Waals surface area contributed by atoms with Gasteiger partial charge in [0, 0.05) is 25.2 Å². The summed E-state index contributed by atoms with van der Waals surface area (Å²) in [5, 5.41) is 11.0. The maximum atomic E-state index is 12.4. The Kier molecular flexibility index (Phi) is 3.50. The van der Waals surface area contributed by atoms with E-state index in [9.17, 15) is 9.90 Å². The van der Waals surface area contributed by atoms with E-state index in [1.807, 2.05) is 17.0 Å². The maximum absolute atomic E-state index is 12.4. The Morgan fingerprint density at radius 2 is 1.95 bits per heavy atom. The van der Waals surface area contributed by atoms with E-state index in [2.05, 4.69) is 4.90 Å². The molecule has 3 fully saturated rings. The molecule has 3 aliphatic rings. The Balaban J connectivity index is 1.46. The minimum atomic E-state index is -0.859. The van der Waals surface area contributed by atoms with Crippen molar-refractivity contribution in [3.05, 3.63) is 24.2 Å². The van der Waals surface area contributed by atoms with E-state index in [4.69, 9.17) is 4.42 Å². The van der Waals surface area contributed by atoms with Gasteiger partial charge >= 0.3 is 0 Å². The Labute approximate surface area is 130 Å². The van der Waals surface area contributed by atoms with Gasteiger partial charge in [-0.2, -0.15) is 0 Å². The zero-order valence-corrected chi connectivity index (χ0v) is 12.9. The van der Waals surface area contributed by atoms with Crippen molar-refractivity contribution in [1.82, 2.24) is 9.80 Å². The molecule has 22 heavy (non-hydrogen) atoms. The molecular formula is C17H24N2O3. The highest BCUT2D eigenvalue weighted by atomic mass is 16.4. The lowest BCUT2D eigenvalue weighted by Crippen LogP contribution is -2.52. The van der Waals surface area contributed by atoms with Crippen LogP contribution in [0.3, 0.4) is 0 Å². The number of fused-ring (bicyclic) bond motifs is 2. The summed E-state index contributed by atoms with van der Waals surface area (Å²) in [6.07, 6.45) is 7.38. The fraction of sp³-hybridized carbons (Fsp3) is 0.706. The summed E-state index contributed by atoms with van der Waals surface area (Å²) in [5.74, 6) is 0.938. The van der Waals surface area contributed by atoms with E-state index < -0.39 is 5.60 Å². The lowest BCUT2D eigenvalue weighted by Gasteiger charge is -2.42. The van der Waals surface area contributed by atoms with Crippen LogP contribution in [0.25, 0.3) is 0 Å². The standard InChI is InChI=1S/C17H24N2O3/c20-16(18-7-1-2-8-18)12-19-13-5-6-14(19)11-17(21,10-13)15-4-3-9-22-15/h3-4,9,13-14,21H,1-2,5-8,10-12H2. The largest absolute Gasteiger partial charge is 0.466 e. The summed E-state index contributed by atoms with van der Waals surface area (Å²) in [4.78, 5) is 16.7. The molecule has 1 aromatic rings. The molecule has 2 unspecified atom stereocenters. The molecule has 0 saturated carbocycles. The monoisotopic (exact) mass is 304 g/mol. The molecule has 0 spiro atoms. The highest BCUT2D eigenvalue weighted by Gasteiger charge is 2.50. The average molecular weight is 304 g/mol. The molecule has 1 N–H and O–H groups in total. The third kappa shape index (κ3) is 2.36. The maximum Gasteiger partial charge on any atom is 0.236 e. The first-order valence-corrected chi connectivity index (χ1v) is 8.46. The van der Waals surface area contributed by atoms with Gasteiger partial charge in [-0.05, 0) is 50.7 Å². The SMILES string of the molecule is O=C(CN1C2CCC1CC(O)(c1ccco1)C2)N1CCCC1. The Morgan fingerprint density at radius 3 is 2.55 bits per heavy atom. The molecule has 0 aromatic carbocycles. The average Bonchev–Trinajstić information content (AvgIpc) is 3.22. The number of piperidine rings is 1. The van der Waals surface area contributed by atoms with Crippen molar-refractivity contribution in [2.24, 2.45) is 0 Å². The first-order chi connectivity index (χ1) is 10.7. The van der Waals surface area contributed by atoms with E-state index in [1.54, 1.807) is 6.26 Å². The van der Waals surface area contributed by atoms with Crippen molar-refractivity contribution in [3.63, 3.8) is 0 Å². The van der Waals surface area contributed by atoms with Crippen molar-refractivity contribution < 1.29 is 14.3 Å². The third-order valence-corrected chi connectivity index (χ3v) is 5.67. The number of amides is 1. The smallest absolute Gasteiger partial charge is 0.236 e. The van der Waals surface area contributed by atoms with Crippen LogP contribution in [0.4, 0.5) is 0 Å². The molecule has 3 aliphatic heterocycles. The van der Waals surface area contributed by atoms with Crippen LogP contribution >= 0.6 is 0 Å². The van der Waals surface area contributed by atoms with Gasteiger partial charge in [-0.15, -0.1) is 0 Å². The Hall–Kier alpha value is -1.33. The molecule has 5 nitrogen and oxygen atoms in total. The van der Waals surface area contributed by atoms with Crippen molar-refractivity contribution in [3.8, 4) is 0 Å². The lowest BCUT2D eigenvalue weighted by molar-refractivity contribution is -0.135. The third-order valence-electron chi connectivity index (χ3n) is 5.67. The molecule has 0 aliphatic carbocycles. The second-order valence-electron chi connectivity index (χ2n) is 7.06. The number of hydrogen-bond acceptors (Lipinski definition) is 4. The zero-order chi connectivity index (χ0) is 15.2. The van der Waals surface area contributed by atoms with Gasteiger partial charge in [-0.1, -0.05) is 0 Å². The van der Waals surface area contributed by atoms with E-state index in [-0.39, 0.29) is 5.91 Å². The second-order valence-corrected chi connectivity index (χ2v) is 7.06. The van der Waals surface area contributed by atoms with E-state index in [1.165, 1.54) is 0 Å². The highest BCUT2D eigenvalue weighted by molar-refractivity contribution is 5.78. The topological polar surface area (TPSA) is 56.9 Å². The van der Waals surface area contributed by atoms with Crippen molar-refractivity contribution >= 4 is 5.91 Å². The molecule has 4 rings (SSSR count). The summed E-state index contributed by atoms with van der Waals surface area (Å²) in [6.45, 7) is 2.35. The van der Waals surface area contributed by atoms with Gasteiger partial charge in [-0.3, -0.25) is 9.69 Å². The molecule has 1 aromatic heterocycles. The summed E-state index contributed by atoms with van der Waals surface area (Å²) in [6, 6.07) is 4.28. The van der Waals surface area contributed by atoms with Gasteiger partial charge in [0.2, 0.25) is 5.91 Å². The van der Waals surface area contributed by atoms with Crippen LogP contribution in [0.15, 0.2) is 22.8 Å². The van der Waals surface area contributed by atoms with Crippen LogP contribution in [0.5, 0.6) is 0 Å². The zero-order valence-electron chi connectivity index (χ0n) is 12.9. The van der Waals surface area contributed by atoms with Gasteiger partial charge in [0.05, 0.1) is 12.8 Å². The first kappa shape index (κ1) is 14.3. The van der Waals surface area contributed by atoms with Gasteiger partial charge in [0.15, 0.2) is 0 Å². The van der Waals surface area contributed by atoms with E-state index in [0.717, 1.165) is 38.8 Å². The summed E-state index contributed by atoms with van der Waals surface area (Å²) in [7, 11) is 0. The molecule has 2 bridgehead atoms. The Bertz CT molecular complexity index is 522. The quantitative estimate of drug-likeness (QED) is 0.924. The minimum Gasteiger partial charge on any atom is -0.466 e. The fourth-order valence-corrected chi connectivity index (χ4v) is 4.54. The summed E-state index contributed by atoms with van der Waals surface area (Å²) >= 11 is 0. The number of hydrogen-bond donors (Lipinski definition) is 1. The highest BCUT2D eigenvalue weighted by Crippen LogP contribution is 2.45. The number of carbonyl (C=O) groups excluding carboxylic acids is 1. The van der Waals surface area contributed by atoms with Crippen LogP contribution in [0.2, 0.25) is 0 Å². The molecule has 5 heteroatoms. The molecule has 1 amide bonds. The van der Waals surface area contributed by atoms with Crippen LogP contribution in [0, 0.1) is 0 Å². The van der Waals surface area contributed by atoms with Crippen molar-refractivity contribution in [2.75, 3.05) is 19.6 Å². The number of aliphatic hydroxyl groups is 1. The minimum absolute atomic E-state index is 0.262. The number of carbonyl (C=O) groups is 1. The molecular weight excluding hydrogens is 280 g/mol. The number of nitrogens with zero attached hydrogens (tertiary/aromatic N) is 2. The normalized spacial score (nSPS) is 35.2. The summed E-state index contributed by atoms with van der Waals surface area (Å²) in [5.41, 5.74) is -0.859. The predicted octanol–water partition coefficient (Wildman–Crippen LogP) is 1.72. The van der Waals surface area contributed by atoms with E-state index in [0.29, 0.717) is 37.2 Å². The summed E-state index contributed by atoms with van der Waals surface area (Å²) < 4.78 is 5.45. The fourth-order valence-electron chi connectivity index (χ4n) is 4.54. The van der Waals surface area contributed by atoms with Crippen molar-refractivity contribution in [1.29, 1.82) is 0 Å². The number of rotatable bonds is 3. The second kappa shape index (κ2) is 5.39. The lowest BCUT2D eigenvalue weighted by atomic mass is 9.84. The van der Waals surface area contributed by atoms with Crippen LogP contribution in [0.1, 0.15) is 44.3 Å². The van der Waals surface area contributed by atoms with Gasteiger partial charge in [-0.25, -0.2) is 0 Å². The molecule has 3 saturated heterocycles.